The molecule has 4 amide bonds. The highest BCUT2D eigenvalue weighted by Gasteiger charge is 2.37. The van der Waals surface area contributed by atoms with Crippen molar-refractivity contribution in [3.63, 3.8) is 0 Å². The SMILES string of the molecule is O=C(NC1CCN(C(=O)O)CC1)c1ccc(C#Cc2ccc3c(c2)C(=O)N(C(C(=O)Nc2nccs2)c2ccccc2)C3)cn1. The fourth-order valence-corrected chi connectivity index (χ4v) is 5.93. The molecular formula is C33H28N6O5S. The minimum Gasteiger partial charge on any atom is -0.465 e. The summed E-state index contributed by atoms with van der Waals surface area (Å²) in [5.41, 5.74) is 3.46. The maximum atomic E-state index is 13.6. The molecule has 11 nitrogen and oxygen atoms in total. The Bertz CT molecular complexity index is 1790. The number of nitrogens with zero attached hydrogens (tertiary/aromatic N) is 4. The largest absolute Gasteiger partial charge is 0.465 e. The highest BCUT2D eigenvalue weighted by atomic mass is 32.1. The minimum atomic E-state index is -0.948. The van der Waals surface area contributed by atoms with Crippen LogP contribution in [0.25, 0.3) is 0 Å². The van der Waals surface area contributed by atoms with Crippen LogP contribution in [0.1, 0.15) is 62.0 Å². The fraction of sp³-hybridized carbons (Fsp3) is 0.212. The predicted octanol–water partition coefficient (Wildman–Crippen LogP) is 4.15. The molecule has 1 atom stereocenters. The second kappa shape index (κ2) is 13.0. The van der Waals surface area contributed by atoms with Gasteiger partial charge < -0.3 is 20.2 Å². The first-order chi connectivity index (χ1) is 21.9. The van der Waals surface area contributed by atoms with Crippen LogP contribution in [-0.4, -0.2) is 67.8 Å². The molecule has 0 spiro atoms. The highest BCUT2D eigenvalue weighted by molar-refractivity contribution is 7.13. The lowest BCUT2D eigenvalue weighted by molar-refractivity contribution is -0.120. The molecule has 2 aromatic carbocycles. The Balaban J connectivity index is 1.13. The van der Waals surface area contributed by atoms with Gasteiger partial charge in [0.2, 0.25) is 0 Å². The van der Waals surface area contributed by atoms with Crippen LogP contribution in [0, 0.1) is 11.8 Å². The number of nitrogens with one attached hydrogen (secondary N) is 2. The lowest BCUT2D eigenvalue weighted by Crippen LogP contribution is -2.46. The number of amides is 4. The van der Waals surface area contributed by atoms with E-state index in [0.717, 1.165) is 5.56 Å². The predicted molar refractivity (Wildman–Crippen MR) is 167 cm³/mol. The lowest BCUT2D eigenvalue weighted by atomic mass is 10.0. The molecule has 226 valence electrons. The smallest absolute Gasteiger partial charge is 0.407 e. The number of piperidine rings is 1. The van der Waals surface area contributed by atoms with Gasteiger partial charge in [0.05, 0.1) is 0 Å². The molecule has 2 aliphatic rings. The van der Waals surface area contributed by atoms with E-state index in [1.54, 1.807) is 34.7 Å². The number of anilines is 1. The third-order valence-corrected chi connectivity index (χ3v) is 8.42. The van der Waals surface area contributed by atoms with Gasteiger partial charge in [-0.2, -0.15) is 0 Å². The van der Waals surface area contributed by atoms with Gasteiger partial charge in [-0.3, -0.25) is 19.7 Å². The molecule has 12 heteroatoms. The van der Waals surface area contributed by atoms with Gasteiger partial charge >= 0.3 is 6.09 Å². The number of thiazole rings is 1. The van der Waals surface area contributed by atoms with Crippen LogP contribution >= 0.6 is 11.3 Å². The Hall–Kier alpha value is -5.54. The number of likely N-dealkylation sites (tertiary alicyclic amines) is 1. The summed E-state index contributed by atoms with van der Waals surface area (Å²) in [5, 5.41) is 17.1. The number of hydrogen-bond donors (Lipinski definition) is 3. The maximum absolute atomic E-state index is 13.6. The molecule has 1 unspecified atom stereocenters. The number of hydrogen-bond acceptors (Lipinski definition) is 7. The van der Waals surface area contributed by atoms with E-state index in [1.165, 1.54) is 22.4 Å². The number of carbonyl (C=O) groups is 4. The summed E-state index contributed by atoms with van der Waals surface area (Å²) >= 11 is 1.31. The minimum absolute atomic E-state index is 0.108. The summed E-state index contributed by atoms with van der Waals surface area (Å²) in [6.45, 7) is 1.04. The summed E-state index contributed by atoms with van der Waals surface area (Å²) in [4.78, 5) is 62.1. The molecule has 45 heavy (non-hydrogen) atoms. The zero-order valence-corrected chi connectivity index (χ0v) is 24.8. The first-order valence-electron chi connectivity index (χ1n) is 14.3. The Labute approximate surface area is 262 Å². The summed E-state index contributed by atoms with van der Waals surface area (Å²) in [5.74, 6) is 5.18. The van der Waals surface area contributed by atoms with Crippen molar-refractivity contribution < 1.29 is 24.3 Å². The van der Waals surface area contributed by atoms with Gasteiger partial charge in [0.1, 0.15) is 11.7 Å². The first kappa shape index (κ1) is 29.5. The van der Waals surface area contributed by atoms with Gasteiger partial charge in [-0.25, -0.2) is 14.8 Å². The topological polar surface area (TPSA) is 145 Å². The van der Waals surface area contributed by atoms with Gasteiger partial charge in [0, 0.05) is 60.1 Å². The summed E-state index contributed by atoms with van der Waals surface area (Å²) in [6.07, 6.45) is 3.27. The van der Waals surface area contributed by atoms with E-state index < -0.39 is 12.1 Å². The molecule has 0 radical (unpaired) electrons. The Morgan fingerprint density at radius 2 is 1.73 bits per heavy atom. The number of aromatic nitrogens is 2. The molecule has 2 aromatic heterocycles. The Kier molecular flexibility index (Phi) is 8.52. The van der Waals surface area contributed by atoms with Crippen molar-refractivity contribution in [1.82, 2.24) is 25.1 Å². The van der Waals surface area contributed by atoms with Crippen molar-refractivity contribution in [1.29, 1.82) is 0 Å². The number of benzene rings is 2. The molecule has 3 N–H and O–H groups in total. The second-order valence-corrected chi connectivity index (χ2v) is 11.5. The average Bonchev–Trinajstić information content (AvgIpc) is 3.68. The van der Waals surface area contributed by atoms with Crippen LogP contribution in [0.3, 0.4) is 0 Å². The number of fused-ring (bicyclic) bond motifs is 1. The van der Waals surface area contributed by atoms with Gasteiger partial charge in [-0.05, 0) is 48.2 Å². The quantitative estimate of drug-likeness (QED) is 0.275. The highest BCUT2D eigenvalue weighted by Crippen LogP contribution is 2.33. The van der Waals surface area contributed by atoms with Crippen LogP contribution < -0.4 is 10.6 Å². The molecule has 1 saturated heterocycles. The van der Waals surface area contributed by atoms with E-state index in [2.05, 4.69) is 32.4 Å². The molecular weight excluding hydrogens is 592 g/mol. The summed E-state index contributed by atoms with van der Waals surface area (Å²) in [7, 11) is 0. The normalized spacial score (nSPS) is 15.1. The summed E-state index contributed by atoms with van der Waals surface area (Å²) < 4.78 is 0. The Morgan fingerprint density at radius 1 is 0.978 bits per heavy atom. The van der Waals surface area contributed by atoms with Crippen molar-refractivity contribution in [2.24, 2.45) is 0 Å². The van der Waals surface area contributed by atoms with Crippen LogP contribution in [0.2, 0.25) is 0 Å². The molecule has 0 saturated carbocycles. The lowest BCUT2D eigenvalue weighted by Gasteiger charge is -2.30. The maximum Gasteiger partial charge on any atom is 0.407 e. The van der Waals surface area contributed by atoms with Crippen LogP contribution in [0.15, 0.2) is 78.4 Å². The molecule has 6 rings (SSSR count). The third kappa shape index (κ3) is 6.68. The Morgan fingerprint density at radius 3 is 2.42 bits per heavy atom. The van der Waals surface area contributed by atoms with Gasteiger partial charge in [0.25, 0.3) is 17.7 Å². The van der Waals surface area contributed by atoms with Crippen molar-refractivity contribution in [3.8, 4) is 11.8 Å². The molecule has 0 bridgehead atoms. The standard InChI is InChI=1S/C33H28N6O5S/c40-29(36-25-12-15-38(16-13-25)33(43)44)27-11-9-22(19-35-27)7-6-21-8-10-24-20-39(31(42)26(24)18-21)28(23-4-2-1-3-5-23)30(41)37-32-34-14-17-45-32/h1-5,8-11,14,17-19,25,28H,12-13,15-16,20H2,(H,36,40)(H,43,44)(H,34,37,41). The van der Waals surface area contributed by atoms with Crippen LogP contribution in [-0.2, 0) is 11.3 Å². The van der Waals surface area contributed by atoms with Gasteiger partial charge in [0.15, 0.2) is 5.13 Å². The van der Waals surface area contributed by atoms with Crippen molar-refractivity contribution in [3.05, 3.63) is 112 Å². The molecule has 4 aromatic rings. The van der Waals surface area contributed by atoms with E-state index in [9.17, 15) is 19.2 Å². The van der Waals surface area contributed by atoms with E-state index in [0.29, 0.717) is 53.3 Å². The van der Waals surface area contributed by atoms with Crippen LogP contribution in [0.4, 0.5) is 9.93 Å². The number of rotatable bonds is 6. The third-order valence-electron chi connectivity index (χ3n) is 7.73. The zero-order chi connectivity index (χ0) is 31.3. The monoisotopic (exact) mass is 620 g/mol. The van der Waals surface area contributed by atoms with E-state index in [1.807, 2.05) is 42.5 Å². The molecule has 0 aliphatic carbocycles. The van der Waals surface area contributed by atoms with E-state index in [-0.39, 0.29) is 36.0 Å². The molecule has 4 heterocycles. The number of pyridine rings is 1. The van der Waals surface area contributed by atoms with Gasteiger partial charge in [-0.15, -0.1) is 11.3 Å². The van der Waals surface area contributed by atoms with E-state index >= 15 is 0 Å². The fourth-order valence-electron chi connectivity index (χ4n) is 5.40. The summed E-state index contributed by atoms with van der Waals surface area (Å²) in [6, 6.07) is 16.9. The second-order valence-electron chi connectivity index (χ2n) is 10.6. The zero-order valence-electron chi connectivity index (χ0n) is 24.0. The average molecular weight is 621 g/mol. The van der Waals surface area contributed by atoms with Crippen molar-refractivity contribution in [2.75, 3.05) is 18.4 Å². The molecule has 2 aliphatic heterocycles. The number of carboxylic acid groups (broad SMARTS) is 1. The van der Waals surface area contributed by atoms with Crippen molar-refractivity contribution in [2.45, 2.75) is 31.5 Å². The van der Waals surface area contributed by atoms with E-state index in [4.69, 9.17) is 5.11 Å². The van der Waals surface area contributed by atoms with Crippen molar-refractivity contribution >= 4 is 40.3 Å². The van der Waals surface area contributed by atoms with Crippen LogP contribution in [0.5, 0.6) is 0 Å². The first-order valence-corrected chi connectivity index (χ1v) is 15.2. The van der Waals surface area contributed by atoms with Gasteiger partial charge in [-0.1, -0.05) is 48.2 Å². The number of carbonyl (C=O) groups excluding carboxylic acids is 3. The molecule has 1 fully saturated rings.